The first-order valence-corrected chi connectivity index (χ1v) is 7.41. The Kier molecular flexibility index (Phi) is 8.93. The fraction of sp³-hybridized carbons (Fsp3) is 0.750. The summed E-state index contributed by atoms with van der Waals surface area (Å²) in [6, 6.07) is 0. The molecule has 4 atom stereocenters. The molecule has 0 amide bonds. The average molecular weight is 284 g/mol. The molecule has 0 aliphatic rings. The minimum atomic E-state index is -0.508. The van der Waals surface area contributed by atoms with E-state index in [1.54, 1.807) is 0 Å². The van der Waals surface area contributed by atoms with Crippen molar-refractivity contribution in [3.05, 3.63) is 12.2 Å². The second-order valence-electron chi connectivity index (χ2n) is 5.39. The lowest BCUT2D eigenvalue weighted by molar-refractivity contribution is -0.147. The van der Waals surface area contributed by atoms with E-state index in [1.807, 2.05) is 41.5 Å². The number of hydrogen-bond acceptors (Lipinski definition) is 4. The highest BCUT2D eigenvalue weighted by Gasteiger charge is 2.15. The lowest BCUT2D eigenvalue weighted by Crippen LogP contribution is -2.22. The number of carbonyl (C=O) groups is 2. The van der Waals surface area contributed by atoms with Gasteiger partial charge in [0.15, 0.2) is 0 Å². The Balaban J connectivity index is 4.22. The van der Waals surface area contributed by atoms with E-state index >= 15 is 0 Å². The van der Waals surface area contributed by atoms with Crippen LogP contribution in [0.1, 0.15) is 54.4 Å². The normalized spacial score (nSPS) is 17.3. The third-order valence-electron chi connectivity index (χ3n) is 3.85. The second kappa shape index (κ2) is 9.56. The van der Waals surface area contributed by atoms with Crippen LogP contribution in [0.5, 0.6) is 0 Å². The highest BCUT2D eigenvalue weighted by molar-refractivity contribution is 5.91. The summed E-state index contributed by atoms with van der Waals surface area (Å²) >= 11 is 0. The van der Waals surface area contributed by atoms with Gasteiger partial charge in [-0.25, -0.2) is 9.59 Å². The maximum atomic E-state index is 11.5. The molecule has 20 heavy (non-hydrogen) atoms. The molecule has 0 rings (SSSR count). The molecule has 0 heterocycles. The molecule has 4 heteroatoms. The van der Waals surface area contributed by atoms with Crippen molar-refractivity contribution in [1.29, 1.82) is 0 Å². The lowest BCUT2D eigenvalue weighted by Gasteiger charge is -2.18. The van der Waals surface area contributed by atoms with Crippen molar-refractivity contribution in [2.45, 2.75) is 66.6 Å². The van der Waals surface area contributed by atoms with E-state index in [4.69, 9.17) is 9.47 Å². The maximum absolute atomic E-state index is 11.5. The third-order valence-corrected chi connectivity index (χ3v) is 3.85. The molecule has 4 nitrogen and oxygen atoms in total. The summed E-state index contributed by atoms with van der Waals surface area (Å²) in [6.45, 7) is 11.8. The fourth-order valence-corrected chi connectivity index (χ4v) is 1.48. The summed E-state index contributed by atoms with van der Waals surface area (Å²) in [7, 11) is 0. The fourth-order valence-electron chi connectivity index (χ4n) is 1.48. The van der Waals surface area contributed by atoms with Crippen LogP contribution >= 0.6 is 0 Å². The van der Waals surface area contributed by atoms with Gasteiger partial charge in [0.25, 0.3) is 0 Å². The van der Waals surface area contributed by atoms with E-state index in [-0.39, 0.29) is 12.2 Å². The van der Waals surface area contributed by atoms with Crippen molar-refractivity contribution in [2.75, 3.05) is 0 Å². The summed E-state index contributed by atoms with van der Waals surface area (Å²) in [5.41, 5.74) is 0. The maximum Gasteiger partial charge on any atom is 0.331 e. The minimum absolute atomic E-state index is 0.160. The monoisotopic (exact) mass is 284 g/mol. The molecular formula is C16H28O4. The van der Waals surface area contributed by atoms with Crippen LogP contribution in [0.25, 0.3) is 0 Å². The molecule has 0 fully saturated rings. The zero-order chi connectivity index (χ0) is 15.7. The summed E-state index contributed by atoms with van der Waals surface area (Å²) < 4.78 is 10.4. The topological polar surface area (TPSA) is 52.6 Å². The van der Waals surface area contributed by atoms with Gasteiger partial charge in [-0.2, -0.15) is 0 Å². The molecular weight excluding hydrogens is 256 g/mol. The Hall–Kier alpha value is -1.32. The number of ether oxygens (including phenoxy) is 2. The lowest BCUT2D eigenvalue weighted by atomic mass is 10.0. The van der Waals surface area contributed by atoms with Crippen LogP contribution < -0.4 is 0 Å². The molecule has 4 unspecified atom stereocenters. The summed E-state index contributed by atoms with van der Waals surface area (Å²) in [5.74, 6) is -0.425. The second-order valence-corrected chi connectivity index (χ2v) is 5.39. The standard InChI is InChI=1S/C16H28O4/c1-7-11(3)13(5)19-15(17)9-10-16(18)20-14(6)12(4)8-2/h9-14H,7-8H2,1-6H3/b10-9-. The third kappa shape index (κ3) is 7.31. The average Bonchev–Trinajstić information content (AvgIpc) is 2.42. The van der Waals surface area contributed by atoms with Gasteiger partial charge in [0, 0.05) is 12.2 Å². The van der Waals surface area contributed by atoms with Crippen LogP contribution in [0.15, 0.2) is 12.2 Å². The first-order valence-electron chi connectivity index (χ1n) is 7.41. The zero-order valence-corrected chi connectivity index (χ0v) is 13.5. The molecule has 0 aromatic rings. The van der Waals surface area contributed by atoms with Crippen molar-refractivity contribution in [3.63, 3.8) is 0 Å². The molecule has 0 saturated heterocycles. The zero-order valence-electron chi connectivity index (χ0n) is 13.5. The van der Waals surface area contributed by atoms with E-state index in [9.17, 15) is 9.59 Å². The van der Waals surface area contributed by atoms with Crippen LogP contribution in [0, 0.1) is 11.8 Å². The quantitative estimate of drug-likeness (QED) is 0.505. The highest BCUT2D eigenvalue weighted by Crippen LogP contribution is 2.12. The Morgan fingerprint density at radius 1 is 0.800 bits per heavy atom. The molecule has 0 N–H and O–H groups in total. The number of esters is 2. The van der Waals surface area contributed by atoms with Gasteiger partial charge < -0.3 is 9.47 Å². The molecule has 116 valence electrons. The van der Waals surface area contributed by atoms with Gasteiger partial charge in [-0.1, -0.05) is 40.5 Å². The minimum Gasteiger partial charge on any atom is -0.459 e. The van der Waals surface area contributed by atoms with Gasteiger partial charge >= 0.3 is 11.9 Å². The predicted molar refractivity (Wildman–Crippen MR) is 79.2 cm³/mol. The van der Waals surface area contributed by atoms with Crippen molar-refractivity contribution < 1.29 is 19.1 Å². The van der Waals surface area contributed by atoms with Crippen molar-refractivity contribution >= 4 is 11.9 Å². The van der Waals surface area contributed by atoms with Crippen molar-refractivity contribution in [1.82, 2.24) is 0 Å². The first-order chi connectivity index (χ1) is 9.31. The Morgan fingerprint density at radius 3 is 1.35 bits per heavy atom. The van der Waals surface area contributed by atoms with Crippen LogP contribution in [-0.2, 0) is 19.1 Å². The molecule has 0 aromatic heterocycles. The molecule has 0 aliphatic carbocycles. The Morgan fingerprint density at radius 2 is 1.10 bits per heavy atom. The largest absolute Gasteiger partial charge is 0.459 e. The van der Waals surface area contributed by atoms with Gasteiger partial charge in [0.1, 0.15) is 12.2 Å². The summed E-state index contributed by atoms with van der Waals surface area (Å²) in [6.07, 6.45) is 3.81. The highest BCUT2D eigenvalue weighted by atomic mass is 16.5. The van der Waals surface area contributed by atoms with E-state index in [0.29, 0.717) is 11.8 Å². The smallest absolute Gasteiger partial charge is 0.331 e. The molecule has 0 radical (unpaired) electrons. The van der Waals surface area contributed by atoms with E-state index in [0.717, 1.165) is 25.0 Å². The molecule has 0 aromatic carbocycles. The van der Waals surface area contributed by atoms with Gasteiger partial charge in [-0.3, -0.25) is 0 Å². The number of hydrogen-bond donors (Lipinski definition) is 0. The van der Waals surface area contributed by atoms with Crippen LogP contribution in [0.3, 0.4) is 0 Å². The molecule has 0 aliphatic heterocycles. The van der Waals surface area contributed by atoms with Crippen LogP contribution in [0.2, 0.25) is 0 Å². The summed E-state index contributed by atoms with van der Waals surface area (Å²) in [4.78, 5) is 23.1. The number of rotatable bonds is 8. The van der Waals surface area contributed by atoms with Crippen molar-refractivity contribution in [2.24, 2.45) is 11.8 Å². The van der Waals surface area contributed by atoms with Gasteiger partial charge in [0.2, 0.25) is 0 Å². The van der Waals surface area contributed by atoms with Gasteiger partial charge in [-0.15, -0.1) is 0 Å². The first kappa shape index (κ1) is 18.7. The van der Waals surface area contributed by atoms with Gasteiger partial charge in [0.05, 0.1) is 0 Å². The van der Waals surface area contributed by atoms with Crippen molar-refractivity contribution in [3.8, 4) is 0 Å². The van der Waals surface area contributed by atoms with E-state index in [2.05, 4.69) is 0 Å². The number of carbonyl (C=O) groups excluding carboxylic acids is 2. The molecule has 0 spiro atoms. The Labute approximate surface area is 122 Å². The van der Waals surface area contributed by atoms with Crippen LogP contribution in [0.4, 0.5) is 0 Å². The van der Waals surface area contributed by atoms with Gasteiger partial charge in [-0.05, 0) is 25.7 Å². The van der Waals surface area contributed by atoms with E-state index < -0.39 is 11.9 Å². The molecule has 0 bridgehead atoms. The SMILES string of the molecule is CCC(C)C(C)OC(=O)/C=C\C(=O)OC(C)C(C)CC. The summed E-state index contributed by atoms with van der Waals surface area (Å²) in [5, 5.41) is 0. The Bertz CT molecular complexity index is 303. The van der Waals surface area contributed by atoms with Crippen LogP contribution in [-0.4, -0.2) is 24.1 Å². The van der Waals surface area contributed by atoms with E-state index in [1.165, 1.54) is 0 Å². The molecule has 0 saturated carbocycles. The predicted octanol–water partition coefficient (Wildman–Crippen LogP) is 3.50.